The van der Waals surface area contributed by atoms with Gasteiger partial charge >= 0.3 is 0 Å². The number of nitrogens with zero attached hydrogens (tertiary/aromatic N) is 2. The van der Waals surface area contributed by atoms with E-state index in [4.69, 9.17) is 9.73 Å². The van der Waals surface area contributed by atoms with Gasteiger partial charge in [-0.25, -0.2) is 4.99 Å². The van der Waals surface area contributed by atoms with Gasteiger partial charge in [-0.15, -0.1) is 0 Å². The lowest BCUT2D eigenvalue weighted by atomic mass is 10.1. The van der Waals surface area contributed by atoms with Crippen molar-refractivity contribution in [3.05, 3.63) is 59.2 Å². The molecular formula is C26H31N3O4S. The van der Waals surface area contributed by atoms with Crippen molar-refractivity contribution in [2.45, 2.75) is 45.8 Å². The molecule has 1 unspecified atom stereocenters. The first-order chi connectivity index (χ1) is 16.3. The summed E-state index contributed by atoms with van der Waals surface area (Å²) >= 11 is 1.32. The SMILES string of the molecule is CCOCCCN1C(=O)C(CC(=O)Nc2ccc(C(C)=O)cc2)SC1=Nc1ccc(C)cc1C. The number of anilines is 1. The lowest BCUT2D eigenvalue weighted by Gasteiger charge is -2.16. The molecule has 1 N–H and O–H groups in total. The van der Waals surface area contributed by atoms with E-state index in [9.17, 15) is 14.4 Å². The van der Waals surface area contributed by atoms with Crippen molar-refractivity contribution in [2.24, 2.45) is 4.99 Å². The highest BCUT2D eigenvalue weighted by atomic mass is 32.2. The number of carbonyl (C=O) groups is 3. The second kappa shape index (κ2) is 11.9. The highest BCUT2D eigenvalue weighted by molar-refractivity contribution is 8.15. The molecule has 1 fully saturated rings. The average Bonchev–Trinajstić information content (AvgIpc) is 3.07. The van der Waals surface area contributed by atoms with E-state index in [0.29, 0.717) is 42.6 Å². The minimum Gasteiger partial charge on any atom is -0.382 e. The number of hydrogen-bond acceptors (Lipinski definition) is 6. The molecule has 2 aromatic rings. The molecule has 34 heavy (non-hydrogen) atoms. The normalized spacial score (nSPS) is 16.8. The Morgan fingerprint density at radius 1 is 1.15 bits per heavy atom. The lowest BCUT2D eigenvalue weighted by Crippen LogP contribution is -2.34. The van der Waals surface area contributed by atoms with Gasteiger partial charge in [-0.05, 0) is 70.0 Å². The highest BCUT2D eigenvalue weighted by Gasteiger charge is 2.39. The fourth-order valence-electron chi connectivity index (χ4n) is 3.60. The molecule has 0 radical (unpaired) electrons. The molecule has 0 aliphatic carbocycles. The van der Waals surface area contributed by atoms with Crippen LogP contribution in [0.3, 0.4) is 0 Å². The van der Waals surface area contributed by atoms with Gasteiger partial charge in [0.2, 0.25) is 11.8 Å². The number of thioether (sulfide) groups is 1. The number of benzene rings is 2. The molecule has 3 rings (SSSR count). The van der Waals surface area contributed by atoms with Crippen molar-refractivity contribution < 1.29 is 19.1 Å². The second-order valence-electron chi connectivity index (χ2n) is 8.22. The van der Waals surface area contributed by atoms with Gasteiger partial charge in [0, 0.05) is 37.4 Å². The second-order valence-corrected chi connectivity index (χ2v) is 9.39. The smallest absolute Gasteiger partial charge is 0.242 e. The van der Waals surface area contributed by atoms with E-state index in [1.165, 1.54) is 18.7 Å². The predicted octanol–water partition coefficient (Wildman–Crippen LogP) is 4.89. The van der Waals surface area contributed by atoms with E-state index in [2.05, 4.69) is 11.4 Å². The molecule has 1 saturated heterocycles. The van der Waals surface area contributed by atoms with Crippen molar-refractivity contribution in [1.29, 1.82) is 0 Å². The van der Waals surface area contributed by atoms with Crippen LogP contribution >= 0.6 is 11.8 Å². The Hall–Kier alpha value is -2.97. The number of ether oxygens (including phenoxy) is 1. The molecule has 2 amide bonds. The summed E-state index contributed by atoms with van der Waals surface area (Å²) in [4.78, 5) is 43.7. The van der Waals surface area contributed by atoms with Crippen LogP contribution in [0, 0.1) is 13.8 Å². The molecule has 1 atom stereocenters. The Kier molecular flexibility index (Phi) is 9.01. The van der Waals surface area contributed by atoms with Gasteiger partial charge in [0.05, 0.1) is 5.69 Å². The van der Waals surface area contributed by atoms with E-state index < -0.39 is 5.25 Å². The maximum Gasteiger partial charge on any atom is 0.242 e. The van der Waals surface area contributed by atoms with Crippen LogP contribution in [-0.2, 0) is 14.3 Å². The largest absolute Gasteiger partial charge is 0.382 e. The maximum atomic E-state index is 13.2. The molecule has 8 heteroatoms. The predicted molar refractivity (Wildman–Crippen MR) is 137 cm³/mol. The van der Waals surface area contributed by atoms with Crippen LogP contribution < -0.4 is 5.32 Å². The minimum atomic E-state index is -0.548. The standard InChI is InChI=1S/C26H31N3O4S/c1-5-33-14-6-13-29-25(32)23(34-26(29)28-22-12-7-17(2)15-18(22)3)16-24(31)27-21-10-8-20(9-11-21)19(4)30/h7-12,15,23H,5-6,13-14,16H2,1-4H3,(H,27,31). The van der Waals surface area contributed by atoms with Crippen molar-refractivity contribution in [1.82, 2.24) is 4.90 Å². The topological polar surface area (TPSA) is 88.1 Å². The number of amides is 2. The highest BCUT2D eigenvalue weighted by Crippen LogP contribution is 2.33. The van der Waals surface area contributed by atoms with Gasteiger partial charge in [-0.3, -0.25) is 19.3 Å². The van der Waals surface area contributed by atoms with Crippen LogP contribution in [0.1, 0.15) is 48.2 Å². The van der Waals surface area contributed by atoms with E-state index in [0.717, 1.165) is 16.8 Å². The van der Waals surface area contributed by atoms with Gasteiger partial charge < -0.3 is 10.1 Å². The number of hydrogen-bond donors (Lipinski definition) is 1. The van der Waals surface area contributed by atoms with Crippen LogP contribution in [0.5, 0.6) is 0 Å². The Morgan fingerprint density at radius 2 is 1.88 bits per heavy atom. The van der Waals surface area contributed by atoms with Crippen LogP contribution in [-0.4, -0.2) is 52.7 Å². The molecule has 1 heterocycles. The fraction of sp³-hybridized carbons (Fsp3) is 0.385. The third kappa shape index (κ3) is 6.77. The maximum absolute atomic E-state index is 13.2. The number of ketones is 1. The molecule has 0 aromatic heterocycles. The molecular weight excluding hydrogens is 450 g/mol. The summed E-state index contributed by atoms with van der Waals surface area (Å²) < 4.78 is 5.43. The Bertz CT molecular complexity index is 1080. The molecule has 0 spiro atoms. The van der Waals surface area contributed by atoms with Crippen LogP contribution in [0.4, 0.5) is 11.4 Å². The summed E-state index contributed by atoms with van der Waals surface area (Å²) in [6.45, 7) is 9.13. The molecule has 7 nitrogen and oxygen atoms in total. The molecule has 2 aromatic carbocycles. The number of amidine groups is 1. The zero-order valence-electron chi connectivity index (χ0n) is 20.1. The number of rotatable bonds is 10. The van der Waals surface area contributed by atoms with Crippen LogP contribution in [0.2, 0.25) is 0 Å². The van der Waals surface area contributed by atoms with Crippen LogP contribution in [0.25, 0.3) is 0 Å². The summed E-state index contributed by atoms with van der Waals surface area (Å²) in [6.07, 6.45) is 0.722. The average molecular weight is 482 g/mol. The van der Waals surface area contributed by atoms with Crippen molar-refractivity contribution in [2.75, 3.05) is 25.1 Å². The number of Topliss-reactive ketones (excluding diaryl/α,β-unsaturated/α-hetero) is 1. The first-order valence-corrected chi connectivity index (χ1v) is 12.3. The first kappa shape index (κ1) is 25.6. The summed E-state index contributed by atoms with van der Waals surface area (Å²) in [7, 11) is 0. The number of nitrogens with one attached hydrogen (secondary N) is 1. The summed E-state index contributed by atoms with van der Waals surface area (Å²) in [5.41, 5.74) is 4.16. The van der Waals surface area contributed by atoms with Crippen molar-refractivity contribution in [3.8, 4) is 0 Å². The third-order valence-electron chi connectivity index (χ3n) is 5.41. The van der Waals surface area contributed by atoms with E-state index >= 15 is 0 Å². The van der Waals surface area contributed by atoms with Crippen LogP contribution in [0.15, 0.2) is 47.5 Å². The Labute approximate surface area is 205 Å². The fourth-order valence-corrected chi connectivity index (χ4v) is 4.78. The molecule has 1 aliphatic rings. The Morgan fingerprint density at radius 3 is 2.53 bits per heavy atom. The Balaban J connectivity index is 1.72. The molecule has 0 bridgehead atoms. The zero-order valence-corrected chi connectivity index (χ0v) is 20.9. The van der Waals surface area contributed by atoms with E-state index in [1.807, 2.05) is 32.9 Å². The van der Waals surface area contributed by atoms with Crippen molar-refractivity contribution in [3.63, 3.8) is 0 Å². The first-order valence-electron chi connectivity index (χ1n) is 11.4. The number of aliphatic imine (C=N–C) groups is 1. The van der Waals surface area contributed by atoms with Gasteiger partial charge in [0.1, 0.15) is 5.25 Å². The molecule has 180 valence electrons. The lowest BCUT2D eigenvalue weighted by molar-refractivity contribution is -0.128. The molecule has 1 aliphatic heterocycles. The quantitative estimate of drug-likeness (QED) is 0.385. The monoisotopic (exact) mass is 481 g/mol. The number of carbonyl (C=O) groups excluding carboxylic acids is 3. The summed E-state index contributed by atoms with van der Waals surface area (Å²) in [5.74, 6) is -0.415. The zero-order chi connectivity index (χ0) is 24.7. The van der Waals surface area contributed by atoms with E-state index in [1.54, 1.807) is 29.2 Å². The minimum absolute atomic E-state index is 0.0336. The summed E-state index contributed by atoms with van der Waals surface area (Å²) in [6, 6.07) is 12.7. The van der Waals surface area contributed by atoms with E-state index in [-0.39, 0.29) is 24.0 Å². The third-order valence-corrected chi connectivity index (χ3v) is 6.58. The van der Waals surface area contributed by atoms with Gasteiger partial charge in [-0.1, -0.05) is 29.5 Å². The number of aryl methyl sites for hydroxylation is 2. The summed E-state index contributed by atoms with van der Waals surface area (Å²) in [5, 5.41) is 2.88. The van der Waals surface area contributed by atoms with Gasteiger partial charge in [0.15, 0.2) is 11.0 Å². The molecule has 0 saturated carbocycles. The van der Waals surface area contributed by atoms with Gasteiger partial charge in [0.25, 0.3) is 0 Å². The van der Waals surface area contributed by atoms with Crippen molar-refractivity contribution >= 4 is 45.9 Å². The van der Waals surface area contributed by atoms with Gasteiger partial charge in [-0.2, -0.15) is 0 Å².